The molecule has 27 heavy (non-hydrogen) atoms. The standard InChI is InChI=1S/C20H33N3O4/c1-13(18-15(24)10-20(2,3)11-16(18)25)23-7-5-4-6-14(21)19(26)17-12-22-8-9-27-17/h14,17,22,24H,4-12,21H2,1-3H3. The second-order valence-corrected chi connectivity index (χ2v) is 8.30. The van der Waals surface area contributed by atoms with Crippen LogP contribution in [0.3, 0.4) is 0 Å². The number of allylic oxidation sites excluding steroid dienone is 2. The van der Waals surface area contributed by atoms with Gasteiger partial charge in [0.25, 0.3) is 0 Å². The van der Waals surface area contributed by atoms with Crippen molar-refractivity contribution in [3.05, 3.63) is 11.3 Å². The highest BCUT2D eigenvalue weighted by molar-refractivity contribution is 6.22. The maximum atomic E-state index is 12.3. The summed E-state index contributed by atoms with van der Waals surface area (Å²) in [7, 11) is 0. The van der Waals surface area contributed by atoms with E-state index in [0.717, 1.165) is 19.4 Å². The Morgan fingerprint density at radius 1 is 1.41 bits per heavy atom. The lowest BCUT2D eigenvalue weighted by molar-refractivity contribution is -0.133. The van der Waals surface area contributed by atoms with Crippen LogP contribution >= 0.6 is 0 Å². The molecule has 7 nitrogen and oxygen atoms in total. The molecule has 1 heterocycles. The van der Waals surface area contributed by atoms with Gasteiger partial charge in [0.15, 0.2) is 11.6 Å². The number of aliphatic hydroxyl groups is 1. The summed E-state index contributed by atoms with van der Waals surface area (Å²) < 4.78 is 5.45. The third-order valence-electron chi connectivity index (χ3n) is 5.10. The minimum absolute atomic E-state index is 0.0429. The fraction of sp³-hybridized carbons (Fsp3) is 0.750. The van der Waals surface area contributed by atoms with Gasteiger partial charge in [-0.15, -0.1) is 0 Å². The molecule has 0 spiro atoms. The van der Waals surface area contributed by atoms with Gasteiger partial charge < -0.3 is 20.9 Å². The van der Waals surface area contributed by atoms with Crippen molar-refractivity contribution >= 4 is 17.3 Å². The van der Waals surface area contributed by atoms with Gasteiger partial charge in [-0.05, 0) is 31.6 Å². The first-order chi connectivity index (χ1) is 12.7. The van der Waals surface area contributed by atoms with E-state index in [4.69, 9.17) is 10.5 Å². The lowest BCUT2D eigenvalue weighted by Crippen LogP contribution is -2.49. The van der Waals surface area contributed by atoms with Crippen molar-refractivity contribution in [1.82, 2.24) is 5.32 Å². The first-order valence-corrected chi connectivity index (χ1v) is 9.79. The van der Waals surface area contributed by atoms with Crippen LogP contribution in [0, 0.1) is 5.41 Å². The predicted octanol–water partition coefficient (Wildman–Crippen LogP) is 1.70. The Bertz CT molecular complexity index is 619. The van der Waals surface area contributed by atoms with Crippen molar-refractivity contribution in [1.29, 1.82) is 0 Å². The van der Waals surface area contributed by atoms with E-state index in [1.54, 1.807) is 6.92 Å². The molecule has 0 aromatic heterocycles. The highest BCUT2D eigenvalue weighted by Gasteiger charge is 2.34. The number of aliphatic imine (C=N–C) groups is 1. The number of carbonyl (C=O) groups is 2. The second kappa shape index (κ2) is 9.57. The van der Waals surface area contributed by atoms with Crippen LogP contribution in [0.1, 0.15) is 52.9 Å². The summed E-state index contributed by atoms with van der Waals surface area (Å²) >= 11 is 0. The number of ether oxygens (including phenoxy) is 1. The lowest BCUT2D eigenvalue weighted by Gasteiger charge is -2.29. The van der Waals surface area contributed by atoms with E-state index in [2.05, 4.69) is 10.3 Å². The number of nitrogens with two attached hydrogens (primary N) is 1. The molecule has 0 saturated carbocycles. The largest absolute Gasteiger partial charge is 0.511 e. The van der Waals surface area contributed by atoms with Crippen molar-refractivity contribution in [2.45, 2.75) is 65.0 Å². The summed E-state index contributed by atoms with van der Waals surface area (Å²) in [5.74, 6) is 0.0531. The normalized spacial score (nSPS) is 24.8. The van der Waals surface area contributed by atoms with Gasteiger partial charge in [-0.25, -0.2) is 0 Å². The number of aliphatic hydroxyl groups excluding tert-OH is 1. The average molecular weight is 380 g/mol. The van der Waals surface area contributed by atoms with Gasteiger partial charge in [-0.3, -0.25) is 14.6 Å². The zero-order chi connectivity index (χ0) is 20.0. The van der Waals surface area contributed by atoms with E-state index in [1.807, 2.05) is 13.8 Å². The number of unbranched alkanes of at least 4 members (excludes halogenated alkanes) is 1. The van der Waals surface area contributed by atoms with Gasteiger partial charge >= 0.3 is 0 Å². The Morgan fingerprint density at radius 2 is 2.15 bits per heavy atom. The van der Waals surface area contributed by atoms with E-state index in [1.165, 1.54) is 0 Å². The first-order valence-electron chi connectivity index (χ1n) is 9.79. The molecular weight excluding hydrogens is 346 g/mol. The Morgan fingerprint density at radius 3 is 2.78 bits per heavy atom. The van der Waals surface area contributed by atoms with Gasteiger partial charge in [0.1, 0.15) is 11.9 Å². The molecule has 0 bridgehead atoms. The Hall–Kier alpha value is -1.57. The van der Waals surface area contributed by atoms with Crippen LogP contribution in [0.25, 0.3) is 0 Å². The van der Waals surface area contributed by atoms with Crippen molar-refractivity contribution in [3.63, 3.8) is 0 Å². The number of Topliss-reactive ketones (excluding diaryl/α,β-unsaturated/α-hetero) is 2. The highest BCUT2D eigenvalue weighted by Crippen LogP contribution is 2.36. The minimum atomic E-state index is -0.520. The molecule has 1 aliphatic heterocycles. The summed E-state index contributed by atoms with van der Waals surface area (Å²) in [6.07, 6.45) is 2.62. The van der Waals surface area contributed by atoms with Crippen molar-refractivity contribution in [2.24, 2.45) is 16.1 Å². The van der Waals surface area contributed by atoms with Crippen LogP contribution in [0.15, 0.2) is 16.3 Å². The number of ketones is 2. The van der Waals surface area contributed by atoms with E-state index in [-0.39, 0.29) is 22.7 Å². The number of hydrogen-bond donors (Lipinski definition) is 3. The third kappa shape index (κ3) is 6.23. The number of nitrogens with zero attached hydrogens (tertiary/aromatic N) is 1. The molecule has 7 heteroatoms. The molecular formula is C20H33N3O4. The molecule has 2 aliphatic rings. The van der Waals surface area contributed by atoms with Crippen LogP contribution in [-0.4, -0.2) is 60.8 Å². The van der Waals surface area contributed by atoms with Gasteiger partial charge in [0.2, 0.25) is 0 Å². The molecule has 2 atom stereocenters. The molecule has 0 aromatic rings. The zero-order valence-electron chi connectivity index (χ0n) is 16.7. The monoisotopic (exact) mass is 379 g/mol. The molecule has 0 radical (unpaired) electrons. The Labute approximate surface area is 161 Å². The average Bonchev–Trinajstić information content (AvgIpc) is 2.59. The van der Waals surface area contributed by atoms with Crippen LogP contribution in [-0.2, 0) is 14.3 Å². The second-order valence-electron chi connectivity index (χ2n) is 8.30. The van der Waals surface area contributed by atoms with Crippen LogP contribution in [0.4, 0.5) is 0 Å². The van der Waals surface area contributed by atoms with E-state index >= 15 is 0 Å². The van der Waals surface area contributed by atoms with Crippen LogP contribution in [0.5, 0.6) is 0 Å². The molecule has 2 rings (SSSR count). The van der Waals surface area contributed by atoms with E-state index < -0.39 is 12.1 Å². The van der Waals surface area contributed by atoms with Crippen molar-refractivity contribution in [2.75, 3.05) is 26.2 Å². The number of rotatable bonds is 8. The number of hydrogen-bond acceptors (Lipinski definition) is 7. The molecule has 1 fully saturated rings. The van der Waals surface area contributed by atoms with E-state index in [0.29, 0.717) is 50.2 Å². The quantitative estimate of drug-likeness (QED) is 0.437. The number of carbonyl (C=O) groups excluding carboxylic acids is 2. The number of morpholine rings is 1. The summed E-state index contributed by atoms with van der Waals surface area (Å²) in [6, 6.07) is -0.520. The fourth-order valence-electron chi connectivity index (χ4n) is 3.63. The lowest BCUT2D eigenvalue weighted by atomic mass is 9.76. The van der Waals surface area contributed by atoms with E-state index in [9.17, 15) is 14.7 Å². The Balaban J connectivity index is 1.76. The van der Waals surface area contributed by atoms with Crippen molar-refractivity contribution in [3.8, 4) is 0 Å². The topological polar surface area (TPSA) is 114 Å². The van der Waals surface area contributed by atoms with Crippen LogP contribution in [0.2, 0.25) is 0 Å². The van der Waals surface area contributed by atoms with Crippen LogP contribution < -0.4 is 11.1 Å². The molecule has 2 unspecified atom stereocenters. The molecule has 0 aromatic carbocycles. The smallest absolute Gasteiger partial charge is 0.179 e. The SMILES string of the molecule is CC(=NCCCCC(N)C(=O)C1CNCCO1)C1=C(O)CC(C)(C)CC1=O. The molecule has 1 saturated heterocycles. The summed E-state index contributed by atoms with van der Waals surface area (Å²) in [4.78, 5) is 29.0. The summed E-state index contributed by atoms with van der Waals surface area (Å²) in [6.45, 7) is 8.09. The molecule has 4 N–H and O–H groups in total. The molecule has 0 amide bonds. The molecule has 1 aliphatic carbocycles. The molecule has 152 valence electrons. The first kappa shape index (κ1) is 21.7. The fourth-order valence-corrected chi connectivity index (χ4v) is 3.63. The van der Waals surface area contributed by atoms with Gasteiger partial charge in [0.05, 0.1) is 18.2 Å². The maximum Gasteiger partial charge on any atom is 0.179 e. The number of nitrogens with one attached hydrogen (secondary N) is 1. The highest BCUT2D eigenvalue weighted by atomic mass is 16.5. The van der Waals surface area contributed by atoms with Gasteiger partial charge in [-0.2, -0.15) is 0 Å². The minimum Gasteiger partial charge on any atom is -0.511 e. The summed E-state index contributed by atoms with van der Waals surface area (Å²) in [5, 5.41) is 13.3. The third-order valence-corrected chi connectivity index (χ3v) is 5.10. The summed E-state index contributed by atoms with van der Waals surface area (Å²) in [5.41, 5.74) is 6.76. The van der Waals surface area contributed by atoms with Gasteiger partial charge in [-0.1, -0.05) is 13.8 Å². The van der Waals surface area contributed by atoms with Crippen molar-refractivity contribution < 1.29 is 19.4 Å². The van der Waals surface area contributed by atoms with Gasteiger partial charge in [0, 0.05) is 38.2 Å². The maximum absolute atomic E-state index is 12.3. The zero-order valence-corrected chi connectivity index (χ0v) is 16.7. The Kier molecular flexibility index (Phi) is 7.70. The predicted molar refractivity (Wildman–Crippen MR) is 105 cm³/mol.